The van der Waals surface area contributed by atoms with Crippen molar-refractivity contribution >= 4 is 40.4 Å². The SMILES string of the molecule is C=C(c1cnc(Nc2ccc(Cl)cc2)c(Cl)c1)N(/C=C(\N)CC)CC. The normalized spacial score (nSPS) is 11.3. The van der Waals surface area contributed by atoms with Crippen LogP contribution in [0.15, 0.2) is 55.0 Å². The molecule has 0 unspecified atom stereocenters. The molecule has 4 nitrogen and oxygen atoms in total. The molecule has 2 rings (SSSR count). The van der Waals surface area contributed by atoms with Gasteiger partial charge in [-0.05, 0) is 43.7 Å². The van der Waals surface area contributed by atoms with Crippen LogP contribution in [0.4, 0.5) is 11.5 Å². The Morgan fingerprint density at radius 1 is 1.28 bits per heavy atom. The highest BCUT2D eigenvalue weighted by atomic mass is 35.5. The maximum absolute atomic E-state index is 6.38. The van der Waals surface area contributed by atoms with E-state index in [1.165, 1.54) is 0 Å². The standard InChI is InChI=1S/C19H22Cl2N4/c1-4-16(22)12-25(5-2)13(3)14-10-18(21)19(23-11-14)24-17-8-6-15(20)7-9-17/h6-12H,3-5,22H2,1-2H3,(H,23,24)/b16-12-. The van der Waals surface area contributed by atoms with Gasteiger partial charge < -0.3 is 16.0 Å². The van der Waals surface area contributed by atoms with Gasteiger partial charge in [0.05, 0.1) is 5.02 Å². The van der Waals surface area contributed by atoms with Gasteiger partial charge in [-0.15, -0.1) is 0 Å². The number of benzene rings is 1. The van der Waals surface area contributed by atoms with Crippen molar-refractivity contribution in [2.75, 3.05) is 11.9 Å². The van der Waals surface area contributed by atoms with Crippen LogP contribution in [0.1, 0.15) is 25.8 Å². The van der Waals surface area contributed by atoms with E-state index in [4.69, 9.17) is 28.9 Å². The second-order valence-corrected chi connectivity index (χ2v) is 6.32. The molecular formula is C19H22Cl2N4. The molecule has 1 aromatic carbocycles. The predicted molar refractivity (Wildman–Crippen MR) is 108 cm³/mol. The zero-order chi connectivity index (χ0) is 18.4. The lowest BCUT2D eigenvalue weighted by molar-refractivity contribution is 0.555. The molecule has 0 aliphatic rings. The van der Waals surface area contributed by atoms with E-state index in [2.05, 4.69) is 16.9 Å². The summed E-state index contributed by atoms with van der Waals surface area (Å²) in [5, 5.41) is 4.36. The monoisotopic (exact) mass is 376 g/mol. The molecule has 1 aromatic heterocycles. The average Bonchev–Trinajstić information content (AvgIpc) is 2.62. The fraction of sp³-hybridized carbons (Fsp3) is 0.211. The smallest absolute Gasteiger partial charge is 0.149 e. The van der Waals surface area contributed by atoms with Crippen LogP contribution in [-0.4, -0.2) is 16.4 Å². The molecule has 0 aliphatic carbocycles. The van der Waals surface area contributed by atoms with Crippen LogP contribution in [-0.2, 0) is 0 Å². The second-order valence-electron chi connectivity index (χ2n) is 5.48. The number of nitrogens with one attached hydrogen (secondary N) is 1. The molecule has 0 saturated carbocycles. The molecule has 25 heavy (non-hydrogen) atoms. The first-order chi connectivity index (χ1) is 11.9. The van der Waals surface area contributed by atoms with Gasteiger partial charge in [0.15, 0.2) is 0 Å². The third kappa shape index (κ3) is 5.15. The molecule has 0 fully saturated rings. The summed E-state index contributed by atoms with van der Waals surface area (Å²) in [5.74, 6) is 0.576. The molecule has 2 aromatic rings. The summed E-state index contributed by atoms with van der Waals surface area (Å²) in [6.07, 6.45) is 4.42. The first-order valence-electron chi connectivity index (χ1n) is 8.04. The summed E-state index contributed by atoms with van der Waals surface area (Å²) in [4.78, 5) is 6.40. The fourth-order valence-electron chi connectivity index (χ4n) is 2.17. The van der Waals surface area contributed by atoms with Crippen LogP contribution < -0.4 is 11.1 Å². The largest absolute Gasteiger partial charge is 0.401 e. The Kier molecular flexibility index (Phi) is 6.73. The Morgan fingerprint density at radius 2 is 1.96 bits per heavy atom. The Morgan fingerprint density at radius 3 is 2.52 bits per heavy atom. The first-order valence-corrected chi connectivity index (χ1v) is 8.80. The molecule has 132 valence electrons. The number of hydrogen-bond acceptors (Lipinski definition) is 4. The lowest BCUT2D eigenvalue weighted by Gasteiger charge is -2.22. The summed E-state index contributed by atoms with van der Waals surface area (Å²) in [5.41, 5.74) is 9.23. The maximum Gasteiger partial charge on any atom is 0.149 e. The Labute approximate surface area is 159 Å². The molecule has 6 heteroatoms. The van der Waals surface area contributed by atoms with Crippen LogP contribution in [0, 0.1) is 0 Å². The number of halogens is 2. The van der Waals surface area contributed by atoms with Crippen LogP contribution in [0.3, 0.4) is 0 Å². The number of rotatable bonds is 7. The molecule has 0 aliphatic heterocycles. The molecule has 0 radical (unpaired) electrons. The quantitative estimate of drug-likeness (QED) is 0.656. The third-order valence-corrected chi connectivity index (χ3v) is 4.24. The maximum atomic E-state index is 6.38. The second kappa shape index (κ2) is 8.79. The van der Waals surface area contributed by atoms with Crippen molar-refractivity contribution in [3.63, 3.8) is 0 Å². The van der Waals surface area contributed by atoms with Gasteiger partial charge in [0.25, 0.3) is 0 Å². The van der Waals surface area contributed by atoms with Crippen LogP contribution in [0.25, 0.3) is 5.70 Å². The highest BCUT2D eigenvalue weighted by Gasteiger charge is 2.10. The molecule has 0 bridgehead atoms. The Hall–Kier alpha value is -2.17. The summed E-state index contributed by atoms with van der Waals surface area (Å²) in [7, 11) is 0. The Balaban J connectivity index is 2.20. The highest BCUT2D eigenvalue weighted by molar-refractivity contribution is 6.33. The molecule has 0 saturated heterocycles. The van der Waals surface area contributed by atoms with Crippen molar-refractivity contribution in [2.24, 2.45) is 5.73 Å². The Bertz CT molecular complexity index is 769. The average molecular weight is 377 g/mol. The van der Waals surface area contributed by atoms with E-state index in [1.807, 2.05) is 43.1 Å². The lowest BCUT2D eigenvalue weighted by atomic mass is 10.2. The molecule has 0 atom stereocenters. The van der Waals surface area contributed by atoms with Gasteiger partial charge in [0.2, 0.25) is 0 Å². The zero-order valence-corrected chi connectivity index (χ0v) is 15.9. The molecule has 3 N–H and O–H groups in total. The van der Waals surface area contributed by atoms with Gasteiger partial charge in [-0.1, -0.05) is 36.7 Å². The first kappa shape index (κ1) is 19.2. The topological polar surface area (TPSA) is 54.2 Å². The summed E-state index contributed by atoms with van der Waals surface area (Å²) in [6, 6.07) is 9.18. The number of aromatic nitrogens is 1. The van der Waals surface area contributed by atoms with E-state index in [-0.39, 0.29) is 0 Å². The van der Waals surface area contributed by atoms with Gasteiger partial charge in [-0.3, -0.25) is 0 Å². The summed E-state index contributed by atoms with van der Waals surface area (Å²) in [6.45, 7) is 8.94. The minimum absolute atomic E-state index is 0.511. The predicted octanol–water partition coefficient (Wildman–Crippen LogP) is 5.63. The number of anilines is 2. The highest BCUT2D eigenvalue weighted by Crippen LogP contribution is 2.28. The number of allylic oxidation sites excluding steroid dienone is 1. The molecule has 0 amide bonds. The number of pyridine rings is 1. The van der Waals surface area contributed by atoms with Crippen molar-refractivity contribution in [1.82, 2.24) is 9.88 Å². The van der Waals surface area contributed by atoms with Gasteiger partial charge in [-0.25, -0.2) is 4.98 Å². The number of nitrogens with zero attached hydrogens (tertiary/aromatic N) is 2. The number of hydrogen-bond donors (Lipinski definition) is 2. The van der Waals surface area contributed by atoms with E-state index >= 15 is 0 Å². The van der Waals surface area contributed by atoms with E-state index in [0.29, 0.717) is 15.9 Å². The van der Waals surface area contributed by atoms with Crippen molar-refractivity contribution in [3.8, 4) is 0 Å². The fourth-order valence-corrected chi connectivity index (χ4v) is 2.51. The van der Waals surface area contributed by atoms with Crippen molar-refractivity contribution in [1.29, 1.82) is 0 Å². The van der Waals surface area contributed by atoms with Crippen molar-refractivity contribution in [3.05, 3.63) is 70.6 Å². The van der Waals surface area contributed by atoms with Gasteiger partial charge in [-0.2, -0.15) is 0 Å². The summed E-state index contributed by atoms with van der Waals surface area (Å²) < 4.78 is 0. The van der Waals surface area contributed by atoms with Gasteiger partial charge in [0.1, 0.15) is 5.82 Å². The van der Waals surface area contributed by atoms with E-state index in [1.54, 1.807) is 18.3 Å². The van der Waals surface area contributed by atoms with E-state index < -0.39 is 0 Å². The van der Waals surface area contributed by atoms with Gasteiger partial charge in [0, 0.05) is 46.6 Å². The van der Waals surface area contributed by atoms with E-state index in [0.717, 1.165) is 35.6 Å². The number of nitrogens with two attached hydrogens (primary N) is 1. The van der Waals surface area contributed by atoms with Crippen LogP contribution in [0.2, 0.25) is 10.0 Å². The van der Waals surface area contributed by atoms with Gasteiger partial charge >= 0.3 is 0 Å². The van der Waals surface area contributed by atoms with Crippen molar-refractivity contribution in [2.45, 2.75) is 20.3 Å². The zero-order valence-electron chi connectivity index (χ0n) is 14.4. The van der Waals surface area contributed by atoms with Crippen molar-refractivity contribution < 1.29 is 0 Å². The lowest BCUT2D eigenvalue weighted by Crippen LogP contribution is -2.17. The van der Waals surface area contributed by atoms with Crippen LogP contribution in [0.5, 0.6) is 0 Å². The molecule has 0 spiro atoms. The van der Waals surface area contributed by atoms with E-state index in [9.17, 15) is 0 Å². The minimum Gasteiger partial charge on any atom is -0.401 e. The summed E-state index contributed by atoms with van der Waals surface area (Å²) >= 11 is 12.3. The molecule has 1 heterocycles. The van der Waals surface area contributed by atoms with Crippen LogP contribution >= 0.6 is 23.2 Å². The third-order valence-electron chi connectivity index (χ3n) is 3.70. The molecular weight excluding hydrogens is 355 g/mol. The minimum atomic E-state index is 0.511.